The van der Waals surface area contributed by atoms with Gasteiger partial charge in [-0.15, -0.1) is 0 Å². The van der Waals surface area contributed by atoms with E-state index in [0.717, 1.165) is 23.1 Å². The van der Waals surface area contributed by atoms with E-state index < -0.39 is 40.3 Å². The van der Waals surface area contributed by atoms with Crippen LogP contribution in [0, 0.1) is 0 Å². The molecule has 8 nitrogen and oxygen atoms in total. The Balaban J connectivity index is 2.02. The van der Waals surface area contributed by atoms with Crippen LogP contribution >= 0.6 is 0 Å². The van der Waals surface area contributed by atoms with Crippen LogP contribution in [0.15, 0.2) is 54.0 Å². The van der Waals surface area contributed by atoms with Gasteiger partial charge >= 0.3 is 11.9 Å². The zero-order valence-electron chi connectivity index (χ0n) is 15.3. The molecule has 0 bridgehead atoms. The van der Waals surface area contributed by atoms with Gasteiger partial charge < -0.3 is 14.4 Å². The van der Waals surface area contributed by atoms with Crippen LogP contribution in [0.25, 0.3) is 0 Å². The lowest BCUT2D eigenvalue weighted by atomic mass is 10.2. The Labute approximate surface area is 163 Å². The minimum atomic E-state index is -3.37. The van der Waals surface area contributed by atoms with Gasteiger partial charge in [0.2, 0.25) is 0 Å². The summed E-state index contributed by atoms with van der Waals surface area (Å²) in [5.41, 5.74) is 0.807. The van der Waals surface area contributed by atoms with Gasteiger partial charge in [0.1, 0.15) is 0 Å². The molecule has 0 fully saturated rings. The fourth-order valence-electron chi connectivity index (χ4n) is 2.51. The molecule has 0 unspecified atom stereocenters. The lowest BCUT2D eigenvalue weighted by Gasteiger charge is -2.27. The molecule has 0 aromatic heterocycles. The number of amides is 1. The summed E-state index contributed by atoms with van der Waals surface area (Å²) in [4.78, 5) is 36.8. The van der Waals surface area contributed by atoms with E-state index in [-0.39, 0.29) is 18.9 Å². The maximum atomic E-state index is 12.6. The molecular formula is C19H21NO7S. The Hall–Kier alpha value is -2.94. The number of rotatable bonds is 8. The third kappa shape index (κ3) is 6.66. The van der Waals surface area contributed by atoms with Crippen molar-refractivity contribution < 1.29 is 32.3 Å². The second kappa shape index (κ2) is 9.84. The van der Waals surface area contributed by atoms with Crippen molar-refractivity contribution in [1.29, 1.82) is 0 Å². The Kier molecular flexibility index (Phi) is 7.51. The number of hydrogen-bond acceptors (Lipinski definition) is 7. The smallest absolute Gasteiger partial charge is 0.331 e. The molecule has 1 aromatic carbocycles. The van der Waals surface area contributed by atoms with Gasteiger partial charge in [-0.25, -0.2) is 18.0 Å². The fraction of sp³-hybridized carbons (Fsp3) is 0.316. The van der Waals surface area contributed by atoms with Crippen LogP contribution in [0.4, 0.5) is 0 Å². The number of nitrogens with zero attached hydrogens (tertiary/aromatic N) is 1. The largest absolute Gasteiger partial charge is 0.463 e. The molecule has 0 saturated carbocycles. The number of hydrogen-bond donors (Lipinski definition) is 0. The van der Waals surface area contributed by atoms with Gasteiger partial charge in [0.05, 0.1) is 18.4 Å². The predicted octanol–water partition coefficient (Wildman–Crippen LogP) is 0.988. The highest BCUT2D eigenvalue weighted by Gasteiger charge is 2.30. The molecule has 0 aliphatic carbocycles. The average Bonchev–Trinajstić information content (AvgIpc) is 3.03. The summed E-state index contributed by atoms with van der Waals surface area (Å²) >= 11 is 0. The minimum Gasteiger partial charge on any atom is -0.463 e. The lowest BCUT2D eigenvalue weighted by molar-refractivity contribution is -0.149. The molecule has 1 aliphatic heterocycles. The molecule has 1 aromatic rings. The highest BCUT2D eigenvalue weighted by molar-refractivity contribution is 7.94. The van der Waals surface area contributed by atoms with E-state index in [4.69, 9.17) is 4.74 Å². The number of esters is 2. The van der Waals surface area contributed by atoms with Crippen LogP contribution in [0.1, 0.15) is 12.5 Å². The topological polar surface area (TPSA) is 107 Å². The molecule has 0 radical (unpaired) electrons. The number of ether oxygens (including phenoxy) is 2. The zero-order valence-corrected chi connectivity index (χ0v) is 16.1. The van der Waals surface area contributed by atoms with E-state index in [0.29, 0.717) is 0 Å². The van der Waals surface area contributed by atoms with E-state index in [9.17, 15) is 22.8 Å². The number of carbonyl (C=O) groups excluding carboxylic acids is 3. The van der Waals surface area contributed by atoms with Gasteiger partial charge in [-0.1, -0.05) is 30.3 Å². The third-order valence-electron chi connectivity index (χ3n) is 3.81. The Bertz CT molecular complexity index is 875. The first-order valence-electron chi connectivity index (χ1n) is 8.56. The van der Waals surface area contributed by atoms with Crippen molar-refractivity contribution in [2.24, 2.45) is 0 Å². The quantitative estimate of drug-likeness (QED) is 0.467. The number of sulfone groups is 1. The Morgan fingerprint density at radius 3 is 2.32 bits per heavy atom. The molecule has 1 amide bonds. The van der Waals surface area contributed by atoms with Gasteiger partial charge in [-0.05, 0) is 18.6 Å². The van der Waals surface area contributed by atoms with Crippen molar-refractivity contribution in [2.45, 2.75) is 19.5 Å². The SMILES string of the molecule is CCOC(=O)/C=C/C(=O)OCC(=O)N(Cc1ccccc1)[C@H]1C=CS(=O)(=O)C1. The monoisotopic (exact) mass is 407 g/mol. The average molecular weight is 407 g/mol. The first-order valence-corrected chi connectivity index (χ1v) is 10.3. The molecule has 28 heavy (non-hydrogen) atoms. The van der Waals surface area contributed by atoms with Crippen molar-refractivity contribution in [3.05, 3.63) is 59.5 Å². The minimum absolute atomic E-state index is 0.167. The molecule has 150 valence electrons. The highest BCUT2D eigenvalue weighted by Crippen LogP contribution is 2.18. The Morgan fingerprint density at radius 1 is 1.11 bits per heavy atom. The molecular weight excluding hydrogens is 386 g/mol. The molecule has 0 saturated heterocycles. The molecule has 9 heteroatoms. The summed E-state index contributed by atoms with van der Waals surface area (Å²) in [6.07, 6.45) is 3.22. The van der Waals surface area contributed by atoms with Gasteiger partial charge in [0, 0.05) is 24.1 Å². The molecule has 0 spiro atoms. The van der Waals surface area contributed by atoms with Crippen LogP contribution in [0.5, 0.6) is 0 Å². The van der Waals surface area contributed by atoms with Crippen LogP contribution in [0.2, 0.25) is 0 Å². The van der Waals surface area contributed by atoms with E-state index in [1.807, 2.05) is 18.2 Å². The maximum Gasteiger partial charge on any atom is 0.331 e. The van der Waals surface area contributed by atoms with Crippen molar-refractivity contribution >= 4 is 27.7 Å². The first-order chi connectivity index (χ1) is 13.3. The summed E-state index contributed by atoms with van der Waals surface area (Å²) in [5, 5.41) is 1.08. The van der Waals surface area contributed by atoms with Crippen molar-refractivity contribution in [3.63, 3.8) is 0 Å². The highest BCUT2D eigenvalue weighted by atomic mass is 32.2. The first kappa shape index (κ1) is 21.4. The van der Waals surface area contributed by atoms with Crippen LogP contribution in [-0.4, -0.2) is 56.2 Å². The summed E-state index contributed by atoms with van der Waals surface area (Å²) < 4.78 is 33.0. The van der Waals surface area contributed by atoms with Crippen molar-refractivity contribution in [3.8, 4) is 0 Å². The summed E-state index contributed by atoms with van der Waals surface area (Å²) in [6, 6.07) is 8.40. The van der Waals surface area contributed by atoms with Crippen molar-refractivity contribution in [1.82, 2.24) is 4.90 Å². The lowest BCUT2D eigenvalue weighted by Crippen LogP contribution is -2.42. The van der Waals surface area contributed by atoms with E-state index in [1.54, 1.807) is 19.1 Å². The molecule has 1 atom stereocenters. The van der Waals surface area contributed by atoms with E-state index in [2.05, 4.69) is 4.74 Å². The third-order valence-corrected chi connectivity index (χ3v) is 5.19. The van der Waals surface area contributed by atoms with Gasteiger partial charge in [-0.3, -0.25) is 4.79 Å². The Morgan fingerprint density at radius 2 is 1.75 bits per heavy atom. The van der Waals surface area contributed by atoms with Gasteiger partial charge in [-0.2, -0.15) is 0 Å². The maximum absolute atomic E-state index is 12.6. The summed E-state index contributed by atoms with van der Waals surface area (Å²) in [5.74, 6) is -2.34. The fourth-order valence-corrected chi connectivity index (χ4v) is 3.81. The second-order valence-electron chi connectivity index (χ2n) is 5.93. The molecule has 1 heterocycles. The standard InChI is InChI=1S/C19H21NO7S/c1-2-26-18(22)8-9-19(23)27-13-17(21)20(12-15-6-4-3-5-7-15)16-10-11-28(24,25)14-16/h3-11,16H,2,12-14H2,1H3/b9-8+/t16-/m0/s1. The second-order valence-corrected chi connectivity index (χ2v) is 7.86. The zero-order chi connectivity index (χ0) is 20.6. The van der Waals surface area contributed by atoms with E-state index >= 15 is 0 Å². The van der Waals surface area contributed by atoms with Crippen molar-refractivity contribution in [2.75, 3.05) is 19.0 Å². The van der Waals surface area contributed by atoms with Crippen LogP contribution in [0.3, 0.4) is 0 Å². The summed E-state index contributed by atoms with van der Waals surface area (Å²) in [7, 11) is -3.37. The van der Waals surface area contributed by atoms with Gasteiger partial charge in [0.25, 0.3) is 5.91 Å². The molecule has 1 aliphatic rings. The molecule has 2 rings (SSSR count). The van der Waals surface area contributed by atoms with Gasteiger partial charge in [0.15, 0.2) is 16.4 Å². The summed E-state index contributed by atoms with van der Waals surface area (Å²) in [6.45, 7) is 1.38. The number of benzene rings is 1. The molecule has 0 N–H and O–H groups in total. The van der Waals surface area contributed by atoms with Crippen LogP contribution in [-0.2, 0) is 40.2 Å². The van der Waals surface area contributed by atoms with E-state index in [1.165, 1.54) is 11.0 Å². The van der Waals surface area contributed by atoms with Crippen LogP contribution < -0.4 is 0 Å². The normalized spacial score (nSPS) is 17.4. The predicted molar refractivity (Wildman–Crippen MR) is 100 cm³/mol. The number of carbonyl (C=O) groups is 3.